The van der Waals surface area contributed by atoms with Crippen LogP contribution in [0, 0.1) is 11.7 Å². The zero-order chi connectivity index (χ0) is 16.1. The summed E-state index contributed by atoms with van der Waals surface area (Å²) in [5.74, 6) is -2.84. The molecule has 1 atom stereocenters. The molecule has 118 valence electrons. The van der Waals surface area contributed by atoms with E-state index in [9.17, 15) is 18.8 Å². The summed E-state index contributed by atoms with van der Waals surface area (Å²) in [5.41, 5.74) is 5.02. The summed E-state index contributed by atoms with van der Waals surface area (Å²) >= 11 is 0. The van der Waals surface area contributed by atoms with Crippen molar-refractivity contribution in [2.24, 2.45) is 11.7 Å². The van der Waals surface area contributed by atoms with E-state index in [2.05, 4.69) is 0 Å². The van der Waals surface area contributed by atoms with Gasteiger partial charge in [0.1, 0.15) is 5.82 Å². The number of esters is 1. The molecule has 0 bridgehead atoms. The molecule has 0 radical (unpaired) electrons. The number of likely N-dealkylation sites (tertiary alicyclic amines) is 1. The van der Waals surface area contributed by atoms with Crippen LogP contribution in [0.3, 0.4) is 0 Å². The number of hydrogen-bond donors (Lipinski definition) is 1. The number of carbonyl (C=O) groups is 3. The van der Waals surface area contributed by atoms with Gasteiger partial charge in [-0.05, 0) is 25.0 Å². The maximum Gasteiger partial charge on any atom is 0.341 e. The minimum absolute atomic E-state index is 0.219. The van der Waals surface area contributed by atoms with Gasteiger partial charge in [0.2, 0.25) is 5.91 Å². The van der Waals surface area contributed by atoms with Gasteiger partial charge in [0, 0.05) is 13.1 Å². The molecule has 0 saturated carbocycles. The van der Waals surface area contributed by atoms with E-state index in [0.29, 0.717) is 19.4 Å². The molecule has 1 saturated heterocycles. The van der Waals surface area contributed by atoms with Crippen molar-refractivity contribution < 1.29 is 23.5 Å². The highest BCUT2D eigenvalue weighted by Crippen LogP contribution is 2.16. The van der Waals surface area contributed by atoms with Crippen molar-refractivity contribution in [3.63, 3.8) is 0 Å². The quantitative estimate of drug-likeness (QED) is 0.829. The Kier molecular flexibility index (Phi) is 5.08. The lowest BCUT2D eigenvalue weighted by molar-refractivity contribution is -0.137. The molecule has 0 aromatic heterocycles. The fourth-order valence-electron chi connectivity index (χ4n) is 2.36. The second kappa shape index (κ2) is 7.02. The van der Waals surface area contributed by atoms with E-state index in [-0.39, 0.29) is 18.0 Å². The van der Waals surface area contributed by atoms with Crippen LogP contribution in [0.1, 0.15) is 23.2 Å². The lowest BCUT2D eigenvalue weighted by Crippen LogP contribution is -2.45. The Morgan fingerprint density at radius 1 is 1.32 bits per heavy atom. The van der Waals surface area contributed by atoms with Gasteiger partial charge in [0.05, 0.1) is 11.5 Å². The zero-order valence-electron chi connectivity index (χ0n) is 12.0. The van der Waals surface area contributed by atoms with E-state index >= 15 is 0 Å². The highest BCUT2D eigenvalue weighted by molar-refractivity contribution is 5.91. The molecular weight excluding hydrogens is 291 g/mol. The normalized spacial score (nSPS) is 17.9. The highest BCUT2D eigenvalue weighted by atomic mass is 19.1. The van der Waals surface area contributed by atoms with Crippen molar-refractivity contribution in [1.82, 2.24) is 4.90 Å². The molecule has 2 rings (SSSR count). The number of benzene rings is 1. The number of hydrogen-bond acceptors (Lipinski definition) is 4. The van der Waals surface area contributed by atoms with Crippen molar-refractivity contribution in [2.75, 3.05) is 19.7 Å². The monoisotopic (exact) mass is 308 g/mol. The smallest absolute Gasteiger partial charge is 0.341 e. The summed E-state index contributed by atoms with van der Waals surface area (Å²) in [6.45, 7) is 0.226. The van der Waals surface area contributed by atoms with Crippen LogP contribution in [-0.4, -0.2) is 42.4 Å². The molecule has 1 fully saturated rings. The summed E-state index contributed by atoms with van der Waals surface area (Å²) < 4.78 is 18.2. The van der Waals surface area contributed by atoms with Crippen molar-refractivity contribution in [3.8, 4) is 0 Å². The number of ether oxygens (including phenoxy) is 1. The largest absolute Gasteiger partial charge is 0.452 e. The van der Waals surface area contributed by atoms with E-state index in [4.69, 9.17) is 10.5 Å². The minimum Gasteiger partial charge on any atom is -0.452 e. The molecule has 2 N–H and O–H groups in total. The van der Waals surface area contributed by atoms with Gasteiger partial charge in [-0.1, -0.05) is 12.1 Å². The first-order valence-corrected chi connectivity index (χ1v) is 6.97. The topological polar surface area (TPSA) is 89.7 Å². The number of halogens is 1. The number of amides is 2. The molecule has 0 unspecified atom stereocenters. The average molecular weight is 308 g/mol. The van der Waals surface area contributed by atoms with Crippen LogP contribution in [0.4, 0.5) is 4.39 Å². The second-order valence-corrected chi connectivity index (χ2v) is 5.14. The molecular formula is C15H17FN2O4. The Morgan fingerprint density at radius 3 is 2.73 bits per heavy atom. The van der Waals surface area contributed by atoms with Crippen LogP contribution >= 0.6 is 0 Å². The molecule has 7 heteroatoms. The van der Waals surface area contributed by atoms with Crippen molar-refractivity contribution in [1.29, 1.82) is 0 Å². The molecule has 1 aliphatic rings. The fraction of sp³-hybridized carbons (Fsp3) is 0.400. The van der Waals surface area contributed by atoms with Crippen LogP contribution in [0.5, 0.6) is 0 Å². The van der Waals surface area contributed by atoms with Gasteiger partial charge in [-0.2, -0.15) is 0 Å². The fourth-order valence-corrected chi connectivity index (χ4v) is 2.36. The molecule has 1 aliphatic heterocycles. The predicted octanol–water partition coefficient (Wildman–Crippen LogP) is 0.706. The van der Waals surface area contributed by atoms with Gasteiger partial charge < -0.3 is 15.4 Å². The zero-order valence-corrected chi connectivity index (χ0v) is 12.0. The van der Waals surface area contributed by atoms with Crippen LogP contribution in [0.25, 0.3) is 0 Å². The molecule has 2 amide bonds. The average Bonchev–Trinajstić information content (AvgIpc) is 2.52. The predicted molar refractivity (Wildman–Crippen MR) is 75.2 cm³/mol. The van der Waals surface area contributed by atoms with Crippen molar-refractivity contribution in [2.45, 2.75) is 12.8 Å². The second-order valence-electron chi connectivity index (χ2n) is 5.14. The van der Waals surface area contributed by atoms with Gasteiger partial charge in [0.15, 0.2) is 6.61 Å². The molecule has 1 aromatic rings. The molecule has 0 spiro atoms. The molecule has 6 nitrogen and oxygen atoms in total. The van der Waals surface area contributed by atoms with Crippen LogP contribution in [-0.2, 0) is 14.3 Å². The molecule has 22 heavy (non-hydrogen) atoms. The summed E-state index contributed by atoms with van der Waals surface area (Å²) in [7, 11) is 0. The Morgan fingerprint density at radius 2 is 2.05 bits per heavy atom. The van der Waals surface area contributed by atoms with Gasteiger partial charge >= 0.3 is 5.97 Å². The van der Waals surface area contributed by atoms with Crippen molar-refractivity contribution in [3.05, 3.63) is 35.6 Å². The summed E-state index contributed by atoms with van der Waals surface area (Å²) in [6, 6.07) is 5.38. The third-order valence-electron chi connectivity index (χ3n) is 3.60. The highest BCUT2D eigenvalue weighted by Gasteiger charge is 2.27. The SMILES string of the molecule is NC(=O)[C@H]1CCCN(C(=O)COC(=O)c2ccccc2F)C1. The summed E-state index contributed by atoms with van der Waals surface area (Å²) in [5, 5.41) is 0. The van der Waals surface area contributed by atoms with E-state index < -0.39 is 30.2 Å². The number of carbonyl (C=O) groups excluding carboxylic acids is 3. The number of nitrogens with two attached hydrogens (primary N) is 1. The van der Waals surface area contributed by atoms with E-state index in [0.717, 1.165) is 6.07 Å². The maximum absolute atomic E-state index is 13.4. The van der Waals surface area contributed by atoms with Crippen LogP contribution in [0.2, 0.25) is 0 Å². The number of rotatable bonds is 4. The number of nitrogens with zero attached hydrogens (tertiary/aromatic N) is 1. The summed E-state index contributed by atoms with van der Waals surface area (Å²) in [6.07, 6.45) is 1.31. The Labute approximate surface area is 127 Å². The molecule has 1 heterocycles. The first kappa shape index (κ1) is 15.9. The van der Waals surface area contributed by atoms with Crippen LogP contribution < -0.4 is 5.73 Å². The first-order chi connectivity index (χ1) is 10.5. The van der Waals surface area contributed by atoms with E-state index in [1.165, 1.54) is 23.1 Å². The standard InChI is InChI=1S/C15H17FN2O4/c16-12-6-2-1-5-11(12)15(21)22-9-13(19)18-7-3-4-10(8-18)14(17)20/h1-2,5-6,10H,3-4,7-9H2,(H2,17,20)/t10-/m0/s1. The van der Waals surface area contributed by atoms with Crippen LogP contribution in [0.15, 0.2) is 24.3 Å². The van der Waals surface area contributed by atoms with Gasteiger partial charge in [-0.15, -0.1) is 0 Å². The lowest BCUT2D eigenvalue weighted by Gasteiger charge is -2.31. The first-order valence-electron chi connectivity index (χ1n) is 6.97. The van der Waals surface area contributed by atoms with Crippen molar-refractivity contribution >= 4 is 17.8 Å². The third-order valence-corrected chi connectivity index (χ3v) is 3.60. The van der Waals surface area contributed by atoms with Gasteiger partial charge in [0.25, 0.3) is 5.91 Å². The summed E-state index contributed by atoms with van der Waals surface area (Å²) in [4.78, 5) is 36.3. The van der Waals surface area contributed by atoms with Gasteiger partial charge in [-0.3, -0.25) is 9.59 Å². The van der Waals surface area contributed by atoms with E-state index in [1.807, 2.05) is 0 Å². The Hall–Kier alpha value is -2.44. The number of primary amides is 1. The van der Waals surface area contributed by atoms with Gasteiger partial charge in [-0.25, -0.2) is 9.18 Å². The molecule has 0 aliphatic carbocycles. The van der Waals surface area contributed by atoms with E-state index in [1.54, 1.807) is 0 Å². The Balaban J connectivity index is 1.89. The molecule has 1 aromatic carbocycles. The lowest BCUT2D eigenvalue weighted by atomic mass is 9.97. The Bertz CT molecular complexity index is 591. The third kappa shape index (κ3) is 3.81. The minimum atomic E-state index is -0.894. The maximum atomic E-state index is 13.4. The number of piperidine rings is 1.